The van der Waals surface area contributed by atoms with Gasteiger partial charge < -0.3 is 10.4 Å². The highest BCUT2D eigenvalue weighted by molar-refractivity contribution is 5.92. The van der Waals surface area contributed by atoms with Gasteiger partial charge in [0, 0.05) is 24.2 Å². The van der Waals surface area contributed by atoms with Crippen LogP contribution < -0.4 is 5.32 Å². The van der Waals surface area contributed by atoms with Crippen molar-refractivity contribution in [3.8, 4) is 11.8 Å². The fourth-order valence-corrected chi connectivity index (χ4v) is 1.58. The predicted octanol–water partition coefficient (Wildman–Crippen LogP) is 0.822. The number of carbonyl (C=O) groups is 1. The van der Waals surface area contributed by atoms with E-state index in [1.165, 1.54) is 0 Å². The molecular formula is C14H14N4O2. The van der Waals surface area contributed by atoms with Crippen LogP contribution in [0.5, 0.6) is 0 Å². The van der Waals surface area contributed by atoms with Crippen molar-refractivity contribution < 1.29 is 9.90 Å². The number of hydrogen-bond acceptors (Lipinski definition) is 4. The van der Waals surface area contributed by atoms with Crippen LogP contribution >= 0.6 is 0 Å². The molecule has 0 fully saturated rings. The van der Waals surface area contributed by atoms with Crippen LogP contribution in [0.15, 0.2) is 36.8 Å². The fraction of sp³-hybridized carbons (Fsp3) is 0.214. The van der Waals surface area contributed by atoms with Crippen LogP contribution in [0.2, 0.25) is 0 Å². The number of aliphatic hydroxyl groups is 1. The molecule has 0 radical (unpaired) electrons. The highest BCUT2D eigenvalue weighted by Gasteiger charge is 2.15. The van der Waals surface area contributed by atoms with E-state index in [1.54, 1.807) is 48.4 Å². The average Bonchev–Trinajstić information content (AvgIpc) is 2.98. The number of rotatable bonds is 3. The summed E-state index contributed by atoms with van der Waals surface area (Å²) >= 11 is 0. The number of nitrogens with zero attached hydrogens (tertiary/aromatic N) is 3. The van der Waals surface area contributed by atoms with Crippen LogP contribution in [0.3, 0.4) is 0 Å². The van der Waals surface area contributed by atoms with Gasteiger partial charge in [-0.1, -0.05) is 11.8 Å². The normalized spacial score (nSPS) is 11.3. The molecule has 1 unspecified atom stereocenters. The molecule has 0 bridgehead atoms. The Morgan fingerprint density at radius 3 is 3.10 bits per heavy atom. The average molecular weight is 270 g/mol. The Labute approximate surface area is 116 Å². The molecule has 0 aliphatic rings. The summed E-state index contributed by atoms with van der Waals surface area (Å²) in [6, 6.07) is 4.68. The molecule has 2 N–H and O–H groups in total. The van der Waals surface area contributed by atoms with E-state index in [-0.39, 0.29) is 12.5 Å². The molecule has 0 aliphatic heterocycles. The van der Waals surface area contributed by atoms with Crippen LogP contribution in [0.4, 0.5) is 5.82 Å². The molecule has 1 amide bonds. The molecule has 2 rings (SSSR count). The van der Waals surface area contributed by atoms with Crippen LogP contribution in [0.25, 0.3) is 0 Å². The summed E-state index contributed by atoms with van der Waals surface area (Å²) < 4.78 is 1.56. The second-order valence-electron chi connectivity index (χ2n) is 4.04. The molecule has 0 saturated carbocycles. The molecule has 1 atom stereocenters. The monoisotopic (exact) mass is 270 g/mol. The minimum atomic E-state index is -0.431. The SMILES string of the molecule is CC(C(=O)Nc1cc(C#CCO)ccn1)n1cccn1. The molecule has 2 aromatic heterocycles. The van der Waals surface area contributed by atoms with Crippen molar-refractivity contribution in [2.75, 3.05) is 11.9 Å². The number of hydrogen-bond donors (Lipinski definition) is 2. The second-order valence-corrected chi connectivity index (χ2v) is 4.04. The van der Waals surface area contributed by atoms with Gasteiger partial charge in [-0.15, -0.1) is 0 Å². The molecule has 0 aromatic carbocycles. The predicted molar refractivity (Wildman–Crippen MR) is 73.8 cm³/mol. The summed E-state index contributed by atoms with van der Waals surface area (Å²) in [5, 5.41) is 15.4. The Bertz CT molecular complexity index is 641. The van der Waals surface area contributed by atoms with E-state index in [1.807, 2.05) is 0 Å². The van der Waals surface area contributed by atoms with Crippen molar-refractivity contribution in [3.63, 3.8) is 0 Å². The van der Waals surface area contributed by atoms with E-state index in [2.05, 4.69) is 27.2 Å². The maximum absolute atomic E-state index is 12.0. The Morgan fingerprint density at radius 1 is 1.55 bits per heavy atom. The van der Waals surface area contributed by atoms with Crippen molar-refractivity contribution in [1.82, 2.24) is 14.8 Å². The number of carbonyl (C=O) groups excluding carboxylic acids is 1. The molecule has 2 aromatic rings. The zero-order valence-electron chi connectivity index (χ0n) is 10.9. The van der Waals surface area contributed by atoms with Crippen molar-refractivity contribution in [2.24, 2.45) is 0 Å². The Kier molecular flexibility index (Phi) is 4.47. The first-order chi connectivity index (χ1) is 9.70. The first kappa shape index (κ1) is 13.8. The van der Waals surface area contributed by atoms with Gasteiger partial charge in [0.05, 0.1) is 0 Å². The first-order valence-electron chi connectivity index (χ1n) is 6.06. The Morgan fingerprint density at radius 2 is 2.40 bits per heavy atom. The zero-order chi connectivity index (χ0) is 14.4. The molecule has 0 saturated heterocycles. The Hall–Kier alpha value is -2.65. The molecular weight excluding hydrogens is 256 g/mol. The summed E-state index contributed by atoms with van der Waals surface area (Å²) in [4.78, 5) is 16.1. The third-order valence-corrected chi connectivity index (χ3v) is 2.62. The van der Waals surface area contributed by atoms with Gasteiger partial charge in [0.1, 0.15) is 18.5 Å². The highest BCUT2D eigenvalue weighted by atomic mass is 16.2. The van der Waals surface area contributed by atoms with Crippen molar-refractivity contribution >= 4 is 11.7 Å². The fourth-order valence-electron chi connectivity index (χ4n) is 1.58. The smallest absolute Gasteiger partial charge is 0.250 e. The molecule has 0 aliphatic carbocycles. The van der Waals surface area contributed by atoms with Crippen molar-refractivity contribution in [2.45, 2.75) is 13.0 Å². The summed E-state index contributed by atoms with van der Waals surface area (Å²) in [6.07, 6.45) is 4.89. The largest absolute Gasteiger partial charge is 0.384 e. The van der Waals surface area contributed by atoms with Gasteiger partial charge in [-0.25, -0.2) is 4.98 Å². The second kappa shape index (κ2) is 6.50. The van der Waals surface area contributed by atoms with Gasteiger partial charge in [-0.2, -0.15) is 5.10 Å². The molecule has 6 heteroatoms. The first-order valence-corrected chi connectivity index (χ1v) is 6.06. The number of aromatic nitrogens is 3. The van der Waals surface area contributed by atoms with E-state index in [0.717, 1.165) is 0 Å². The van der Waals surface area contributed by atoms with Gasteiger partial charge in [0.25, 0.3) is 0 Å². The van der Waals surface area contributed by atoms with Crippen molar-refractivity contribution in [1.29, 1.82) is 0 Å². The summed E-state index contributed by atoms with van der Waals surface area (Å²) in [5.74, 6) is 5.50. The maximum atomic E-state index is 12.0. The minimum Gasteiger partial charge on any atom is -0.384 e. The van der Waals surface area contributed by atoms with E-state index in [9.17, 15) is 4.79 Å². The quantitative estimate of drug-likeness (QED) is 0.809. The van der Waals surface area contributed by atoms with Gasteiger partial charge in [0.2, 0.25) is 5.91 Å². The molecule has 20 heavy (non-hydrogen) atoms. The lowest BCUT2D eigenvalue weighted by atomic mass is 10.2. The molecule has 6 nitrogen and oxygen atoms in total. The van der Waals surface area contributed by atoms with Gasteiger partial charge >= 0.3 is 0 Å². The number of amides is 1. The third-order valence-electron chi connectivity index (χ3n) is 2.62. The van der Waals surface area contributed by atoms with Crippen LogP contribution in [-0.4, -0.2) is 32.4 Å². The number of anilines is 1. The number of aliphatic hydroxyl groups excluding tert-OH is 1. The van der Waals surface area contributed by atoms with Crippen LogP contribution in [0, 0.1) is 11.8 Å². The molecule has 0 spiro atoms. The summed E-state index contributed by atoms with van der Waals surface area (Å²) in [5.41, 5.74) is 0.677. The Balaban J connectivity index is 2.08. The van der Waals surface area contributed by atoms with Crippen LogP contribution in [0.1, 0.15) is 18.5 Å². The van der Waals surface area contributed by atoms with E-state index < -0.39 is 6.04 Å². The van der Waals surface area contributed by atoms with E-state index in [0.29, 0.717) is 11.4 Å². The minimum absolute atomic E-state index is 0.208. The van der Waals surface area contributed by atoms with Crippen LogP contribution in [-0.2, 0) is 4.79 Å². The maximum Gasteiger partial charge on any atom is 0.250 e. The summed E-state index contributed by atoms with van der Waals surface area (Å²) in [6.45, 7) is 1.54. The van der Waals surface area contributed by atoms with Gasteiger partial charge in [-0.05, 0) is 25.1 Å². The zero-order valence-corrected chi connectivity index (χ0v) is 10.9. The highest BCUT2D eigenvalue weighted by Crippen LogP contribution is 2.10. The lowest BCUT2D eigenvalue weighted by molar-refractivity contribution is -0.119. The van der Waals surface area contributed by atoms with E-state index >= 15 is 0 Å². The van der Waals surface area contributed by atoms with E-state index in [4.69, 9.17) is 5.11 Å². The lowest BCUT2D eigenvalue weighted by Gasteiger charge is -2.12. The summed E-state index contributed by atoms with van der Waals surface area (Å²) in [7, 11) is 0. The molecule has 102 valence electrons. The lowest BCUT2D eigenvalue weighted by Crippen LogP contribution is -2.24. The number of pyridine rings is 1. The number of nitrogens with one attached hydrogen (secondary N) is 1. The molecule has 2 heterocycles. The van der Waals surface area contributed by atoms with Gasteiger partial charge in [-0.3, -0.25) is 9.48 Å². The van der Waals surface area contributed by atoms with Gasteiger partial charge in [0.15, 0.2) is 0 Å². The topological polar surface area (TPSA) is 80.0 Å². The third kappa shape index (κ3) is 3.43. The van der Waals surface area contributed by atoms with Crippen molar-refractivity contribution in [3.05, 3.63) is 42.4 Å². The standard InChI is InChI=1S/C14H14N4O2/c1-11(18-8-3-6-16-18)14(20)17-13-10-12(4-2-9-19)5-7-15-13/h3,5-8,10-11,19H,9H2,1H3,(H,15,17,20).